The lowest BCUT2D eigenvalue weighted by molar-refractivity contribution is -0.335. The lowest BCUT2D eigenvalue weighted by Gasteiger charge is -2.35. The van der Waals surface area contributed by atoms with Crippen molar-refractivity contribution in [2.75, 3.05) is 13.8 Å². The van der Waals surface area contributed by atoms with Gasteiger partial charge in [-0.1, -0.05) is 13.8 Å². The minimum atomic E-state index is -0.433. The Labute approximate surface area is 97.1 Å². The zero-order valence-electron chi connectivity index (χ0n) is 10.7. The Morgan fingerprint density at radius 2 is 1.88 bits per heavy atom. The highest BCUT2D eigenvalue weighted by Gasteiger charge is 2.31. The zero-order chi connectivity index (χ0) is 12.3. The van der Waals surface area contributed by atoms with E-state index in [1.165, 1.54) is 0 Å². The smallest absolute Gasteiger partial charge is 0.240 e. The van der Waals surface area contributed by atoms with Crippen molar-refractivity contribution in [3.05, 3.63) is 0 Å². The van der Waals surface area contributed by atoms with Crippen LogP contribution in [-0.4, -0.2) is 43.1 Å². The second-order valence-corrected chi connectivity index (χ2v) is 4.71. The van der Waals surface area contributed by atoms with E-state index in [-0.39, 0.29) is 23.9 Å². The SMILES string of the molecule is CC(C)[C@H](NC1OCO1)C(=O)N(C)C(C)C. The highest BCUT2D eigenvalue weighted by molar-refractivity contribution is 5.82. The molecule has 1 rings (SSSR count). The number of amides is 1. The maximum atomic E-state index is 12.2. The van der Waals surface area contributed by atoms with Crippen molar-refractivity contribution in [3.63, 3.8) is 0 Å². The predicted molar refractivity (Wildman–Crippen MR) is 60.5 cm³/mol. The number of rotatable bonds is 5. The summed E-state index contributed by atoms with van der Waals surface area (Å²) in [6.45, 7) is 8.29. The van der Waals surface area contributed by atoms with E-state index in [0.29, 0.717) is 6.79 Å². The van der Waals surface area contributed by atoms with E-state index >= 15 is 0 Å². The monoisotopic (exact) mass is 230 g/mol. The third-order valence-corrected chi connectivity index (χ3v) is 2.81. The Morgan fingerprint density at radius 3 is 2.19 bits per heavy atom. The summed E-state index contributed by atoms with van der Waals surface area (Å²) in [5, 5.41) is 3.05. The van der Waals surface area contributed by atoms with Gasteiger partial charge in [-0.15, -0.1) is 0 Å². The highest BCUT2D eigenvalue weighted by atomic mass is 16.9. The second-order valence-electron chi connectivity index (χ2n) is 4.71. The summed E-state index contributed by atoms with van der Waals surface area (Å²) in [7, 11) is 1.81. The van der Waals surface area contributed by atoms with Crippen LogP contribution in [0.3, 0.4) is 0 Å². The minimum absolute atomic E-state index is 0.0732. The van der Waals surface area contributed by atoms with Crippen LogP contribution in [0.1, 0.15) is 27.7 Å². The van der Waals surface area contributed by atoms with Crippen molar-refractivity contribution in [3.8, 4) is 0 Å². The number of nitrogens with zero attached hydrogens (tertiary/aromatic N) is 1. The molecule has 1 fully saturated rings. The van der Waals surface area contributed by atoms with Crippen molar-refractivity contribution >= 4 is 5.91 Å². The quantitative estimate of drug-likeness (QED) is 0.757. The van der Waals surface area contributed by atoms with Crippen LogP contribution in [0.2, 0.25) is 0 Å². The first-order chi connectivity index (χ1) is 7.43. The van der Waals surface area contributed by atoms with Gasteiger partial charge in [-0.3, -0.25) is 10.1 Å². The number of carbonyl (C=O) groups excluding carboxylic acids is 1. The van der Waals surface area contributed by atoms with Gasteiger partial charge in [-0.25, -0.2) is 0 Å². The standard InChI is InChI=1S/C11H22N2O3/c1-7(2)9(12-11-15-6-16-11)10(14)13(5)8(3)4/h7-9,11-12H,6H2,1-5H3/t9-/m0/s1. The van der Waals surface area contributed by atoms with Crippen LogP contribution in [0.15, 0.2) is 0 Å². The lowest BCUT2D eigenvalue weighted by Crippen LogP contribution is -2.56. The molecule has 0 radical (unpaired) electrons. The van der Waals surface area contributed by atoms with Gasteiger partial charge in [0.25, 0.3) is 0 Å². The summed E-state index contributed by atoms with van der Waals surface area (Å²) < 4.78 is 10.2. The average Bonchev–Trinajstić information content (AvgIpc) is 2.13. The van der Waals surface area contributed by atoms with Crippen LogP contribution in [0.25, 0.3) is 0 Å². The molecule has 5 nitrogen and oxygen atoms in total. The lowest BCUT2D eigenvalue weighted by atomic mass is 10.0. The maximum absolute atomic E-state index is 12.2. The van der Waals surface area contributed by atoms with Gasteiger partial charge in [0.2, 0.25) is 12.3 Å². The van der Waals surface area contributed by atoms with Gasteiger partial charge in [0.1, 0.15) is 0 Å². The molecule has 0 aromatic rings. The molecule has 5 heteroatoms. The molecule has 0 bridgehead atoms. The number of hydrogen-bond acceptors (Lipinski definition) is 4. The van der Waals surface area contributed by atoms with Crippen LogP contribution in [-0.2, 0) is 14.3 Å². The van der Waals surface area contributed by atoms with Crippen molar-refractivity contribution in [1.82, 2.24) is 10.2 Å². The van der Waals surface area contributed by atoms with Crippen LogP contribution in [0.4, 0.5) is 0 Å². The Balaban J connectivity index is 2.57. The number of ether oxygens (including phenoxy) is 2. The van der Waals surface area contributed by atoms with Crippen molar-refractivity contribution in [2.24, 2.45) is 5.92 Å². The fourth-order valence-corrected chi connectivity index (χ4v) is 1.40. The molecule has 1 N–H and O–H groups in total. The number of nitrogens with one attached hydrogen (secondary N) is 1. The molecule has 16 heavy (non-hydrogen) atoms. The second kappa shape index (κ2) is 5.61. The third-order valence-electron chi connectivity index (χ3n) is 2.81. The Morgan fingerprint density at radius 1 is 1.31 bits per heavy atom. The van der Waals surface area contributed by atoms with Gasteiger partial charge >= 0.3 is 0 Å². The first kappa shape index (κ1) is 13.4. The van der Waals surface area contributed by atoms with E-state index in [1.54, 1.807) is 4.90 Å². The largest absolute Gasteiger partial charge is 0.342 e. The molecule has 0 aromatic carbocycles. The summed E-state index contributed by atoms with van der Waals surface area (Å²) in [6, 6.07) is -0.0727. The molecular weight excluding hydrogens is 208 g/mol. The molecule has 1 heterocycles. The van der Waals surface area contributed by atoms with Crippen LogP contribution in [0.5, 0.6) is 0 Å². The molecule has 1 amide bonds. The molecule has 1 aliphatic rings. The van der Waals surface area contributed by atoms with E-state index in [1.807, 2.05) is 34.7 Å². The first-order valence-electron chi connectivity index (χ1n) is 5.69. The van der Waals surface area contributed by atoms with E-state index < -0.39 is 6.41 Å². The van der Waals surface area contributed by atoms with Crippen molar-refractivity contribution in [1.29, 1.82) is 0 Å². The number of carbonyl (C=O) groups is 1. The maximum Gasteiger partial charge on any atom is 0.240 e. The van der Waals surface area contributed by atoms with E-state index in [2.05, 4.69) is 5.32 Å². The Hall–Kier alpha value is -0.650. The molecule has 0 aliphatic carbocycles. The average molecular weight is 230 g/mol. The highest BCUT2D eigenvalue weighted by Crippen LogP contribution is 2.12. The molecular formula is C11H22N2O3. The van der Waals surface area contributed by atoms with E-state index in [9.17, 15) is 4.79 Å². The molecule has 1 atom stereocenters. The summed E-state index contributed by atoms with van der Waals surface area (Å²) in [4.78, 5) is 13.9. The van der Waals surface area contributed by atoms with Gasteiger partial charge in [0, 0.05) is 13.1 Å². The topological polar surface area (TPSA) is 50.8 Å². The van der Waals surface area contributed by atoms with Gasteiger partial charge in [0.15, 0.2) is 6.79 Å². The number of likely N-dealkylation sites (N-methyl/N-ethyl adjacent to an activating group) is 1. The third kappa shape index (κ3) is 3.17. The zero-order valence-corrected chi connectivity index (χ0v) is 10.7. The molecule has 1 aliphatic heterocycles. The molecule has 94 valence electrons. The van der Waals surface area contributed by atoms with Crippen LogP contribution >= 0.6 is 0 Å². The van der Waals surface area contributed by atoms with E-state index in [0.717, 1.165) is 0 Å². The van der Waals surface area contributed by atoms with Gasteiger partial charge in [-0.05, 0) is 19.8 Å². The molecule has 0 spiro atoms. The first-order valence-corrected chi connectivity index (χ1v) is 5.69. The minimum Gasteiger partial charge on any atom is -0.342 e. The van der Waals surface area contributed by atoms with E-state index in [4.69, 9.17) is 9.47 Å². The summed E-state index contributed by atoms with van der Waals surface area (Å²) in [6.07, 6.45) is -0.433. The molecule has 1 saturated heterocycles. The normalized spacial score (nSPS) is 18.7. The van der Waals surface area contributed by atoms with Crippen molar-refractivity contribution < 1.29 is 14.3 Å². The fourth-order valence-electron chi connectivity index (χ4n) is 1.40. The van der Waals surface area contributed by atoms with Crippen LogP contribution < -0.4 is 5.32 Å². The summed E-state index contributed by atoms with van der Waals surface area (Å²) >= 11 is 0. The number of hydrogen-bond donors (Lipinski definition) is 1. The van der Waals surface area contributed by atoms with Gasteiger partial charge in [-0.2, -0.15) is 0 Å². The fraction of sp³-hybridized carbons (Fsp3) is 0.909. The van der Waals surface area contributed by atoms with Gasteiger partial charge in [0.05, 0.1) is 6.04 Å². The Kier molecular flexibility index (Phi) is 4.70. The van der Waals surface area contributed by atoms with Crippen molar-refractivity contribution in [2.45, 2.75) is 46.2 Å². The molecule has 0 aromatic heterocycles. The predicted octanol–water partition coefficient (Wildman–Crippen LogP) is 0.755. The summed E-state index contributed by atoms with van der Waals surface area (Å²) in [5.74, 6) is 0.269. The van der Waals surface area contributed by atoms with Gasteiger partial charge < -0.3 is 14.4 Å². The van der Waals surface area contributed by atoms with Crippen LogP contribution in [0, 0.1) is 5.92 Å². The molecule has 0 saturated carbocycles. The summed E-state index contributed by atoms with van der Waals surface area (Å²) in [5.41, 5.74) is 0. The molecule has 0 unspecified atom stereocenters. The Bertz CT molecular complexity index is 239.